The van der Waals surface area contributed by atoms with Crippen molar-refractivity contribution in [1.29, 1.82) is 0 Å². The number of amides is 3. The molecule has 212 valence electrons. The van der Waals surface area contributed by atoms with Crippen LogP contribution in [0, 0.1) is 0 Å². The van der Waals surface area contributed by atoms with E-state index in [2.05, 4.69) is 31.4 Å². The van der Waals surface area contributed by atoms with E-state index in [0.29, 0.717) is 0 Å². The fourth-order valence-electron chi connectivity index (χ4n) is 3.65. The van der Waals surface area contributed by atoms with Crippen molar-refractivity contribution in [2.45, 2.75) is 97.1 Å². The summed E-state index contributed by atoms with van der Waals surface area (Å²) < 4.78 is 22.6. The number of hydrogen-bond donors (Lipinski definition) is 2. The van der Waals surface area contributed by atoms with Crippen LogP contribution in [-0.2, 0) is 30.3 Å². The van der Waals surface area contributed by atoms with Gasteiger partial charge in [0.15, 0.2) is 14.5 Å². The summed E-state index contributed by atoms with van der Waals surface area (Å²) in [5.74, 6) is -0.254. The molecule has 3 unspecified atom stereocenters. The Hall–Kier alpha value is -3.28. The molecule has 0 saturated carbocycles. The zero-order valence-electron chi connectivity index (χ0n) is 23.7. The van der Waals surface area contributed by atoms with E-state index in [1.54, 1.807) is 25.3 Å². The van der Waals surface area contributed by atoms with Crippen molar-refractivity contribution < 1.29 is 38.1 Å². The van der Waals surface area contributed by atoms with Crippen LogP contribution in [0.15, 0.2) is 30.3 Å². The lowest BCUT2D eigenvalue weighted by Gasteiger charge is -2.57. The second-order valence-corrected chi connectivity index (χ2v) is 16.8. The van der Waals surface area contributed by atoms with Crippen LogP contribution in [0.4, 0.5) is 14.4 Å². The average molecular weight is 552 g/mol. The van der Waals surface area contributed by atoms with Gasteiger partial charge in [-0.05, 0) is 38.3 Å². The molecule has 0 aliphatic carbocycles. The Morgan fingerprint density at radius 1 is 1.00 bits per heavy atom. The molecule has 1 saturated heterocycles. The van der Waals surface area contributed by atoms with E-state index >= 15 is 0 Å². The summed E-state index contributed by atoms with van der Waals surface area (Å²) in [6, 6.07) is 7.64. The van der Waals surface area contributed by atoms with Gasteiger partial charge in [0.05, 0.1) is 6.04 Å². The minimum atomic E-state index is -2.37. The van der Waals surface area contributed by atoms with Crippen molar-refractivity contribution in [3.63, 3.8) is 0 Å². The summed E-state index contributed by atoms with van der Waals surface area (Å²) in [5, 5.41) is 4.82. The highest BCUT2D eigenvalue weighted by Gasteiger charge is 2.58. The molecule has 3 atom stereocenters. The molecule has 0 spiro atoms. The SMILES string of the molecule is CC(NC(=O)OC(C)(C)C)OC(=O)OCC1C(NC(=O)OCc2ccccc2)C(=O)N1[Si](C)(C)C(C)(C)C. The zero-order valence-corrected chi connectivity index (χ0v) is 24.7. The number of β-lactam (4-membered cyclic amide) rings is 1. The molecule has 1 aliphatic heterocycles. The molecular formula is C26H41N3O8Si. The summed E-state index contributed by atoms with van der Waals surface area (Å²) in [6.07, 6.45) is -3.54. The molecule has 1 heterocycles. The molecule has 1 fully saturated rings. The third kappa shape index (κ3) is 8.37. The first kappa shape index (κ1) is 30.9. The molecule has 3 amide bonds. The molecule has 2 rings (SSSR count). The van der Waals surface area contributed by atoms with Gasteiger partial charge in [0.25, 0.3) is 0 Å². The second kappa shape index (κ2) is 12.1. The highest BCUT2D eigenvalue weighted by Crippen LogP contribution is 2.43. The van der Waals surface area contributed by atoms with Crippen LogP contribution in [0.1, 0.15) is 54.0 Å². The summed E-state index contributed by atoms with van der Waals surface area (Å²) >= 11 is 0. The van der Waals surface area contributed by atoms with Crippen LogP contribution in [0.5, 0.6) is 0 Å². The van der Waals surface area contributed by atoms with Crippen LogP contribution in [0.25, 0.3) is 0 Å². The van der Waals surface area contributed by atoms with Gasteiger partial charge in [-0.3, -0.25) is 10.1 Å². The maximum atomic E-state index is 13.2. The number of rotatable bonds is 8. The topological polar surface area (TPSA) is 133 Å². The minimum Gasteiger partial charge on any atom is -0.445 e. The molecule has 0 radical (unpaired) electrons. The molecule has 1 aliphatic rings. The fourth-order valence-corrected chi connectivity index (χ4v) is 6.12. The van der Waals surface area contributed by atoms with E-state index in [0.717, 1.165) is 5.56 Å². The maximum Gasteiger partial charge on any atom is 0.510 e. The van der Waals surface area contributed by atoms with Gasteiger partial charge in [0.2, 0.25) is 5.91 Å². The van der Waals surface area contributed by atoms with Gasteiger partial charge >= 0.3 is 18.3 Å². The van der Waals surface area contributed by atoms with Crippen molar-refractivity contribution in [3.05, 3.63) is 35.9 Å². The molecule has 2 N–H and O–H groups in total. The van der Waals surface area contributed by atoms with Gasteiger partial charge in [0, 0.05) is 0 Å². The first-order valence-corrected chi connectivity index (χ1v) is 15.5. The molecule has 38 heavy (non-hydrogen) atoms. The van der Waals surface area contributed by atoms with Gasteiger partial charge in [-0.15, -0.1) is 0 Å². The Morgan fingerprint density at radius 2 is 1.61 bits per heavy atom. The normalized spacial score (nSPS) is 18.6. The van der Waals surface area contributed by atoms with Crippen molar-refractivity contribution in [2.75, 3.05) is 6.61 Å². The number of alkyl carbamates (subject to hydrolysis) is 2. The number of benzene rings is 1. The Balaban J connectivity index is 2.02. The average Bonchev–Trinajstić information content (AvgIpc) is 2.76. The number of carbonyl (C=O) groups excluding carboxylic acids is 4. The fraction of sp³-hybridized carbons (Fsp3) is 0.615. The molecule has 12 heteroatoms. The lowest BCUT2D eigenvalue weighted by atomic mass is 10.00. The largest absolute Gasteiger partial charge is 0.510 e. The predicted molar refractivity (Wildman–Crippen MR) is 143 cm³/mol. The Bertz CT molecular complexity index is 1000. The second-order valence-electron chi connectivity index (χ2n) is 11.7. The van der Waals surface area contributed by atoms with Crippen molar-refractivity contribution in [2.24, 2.45) is 0 Å². The molecule has 0 aromatic heterocycles. The van der Waals surface area contributed by atoms with Crippen LogP contribution in [0.3, 0.4) is 0 Å². The standard InChI is InChI=1S/C26H41N3O8Si/c1-17(27-23(32)37-25(2,3)4)36-24(33)35-16-19-20(21(30)29(19)38(8,9)26(5,6)7)28-22(31)34-15-18-13-11-10-12-14-18/h10-14,17,19-20H,15-16H2,1-9H3,(H,27,32)(H,28,31). The molecular weight excluding hydrogens is 510 g/mol. The Morgan fingerprint density at radius 3 is 2.16 bits per heavy atom. The summed E-state index contributed by atoms with van der Waals surface area (Å²) in [7, 11) is -2.37. The van der Waals surface area contributed by atoms with Crippen LogP contribution in [0.2, 0.25) is 18.1 Å². The number of carbonyl (C=O) groups is 4. The number of nitrogens with one attached hydrogen (secondary N) is 2. The number of hydrogen-bond acceptors (Lipinski definition) is 8. The molecule has 0 bridgehead atoms. The molecule has 1 aromatic rings. The van der Waals surface area contributed by atoms with Crippen molar-refractivity contribution in [3.8, 4) is 0 Å². The van der Waals surface area contributed by atoms with Gasteiger partial charge in [-0.2, -0.15) is 0 Å². The number of ether oxygens (including phenoxy) is 4. The van der Waals surface area contributed by atoms with E-state index in [9.17, 15) is 19.2 Å². The van der Waals surface area contributed by atoms with Crippen LogP contribution in [-0.4, -0.2) is 67.6 Å². The van der Waals surface area contributed by atoms with Crippen molar-refractivity contribution in [1.82, 2.24) is 15.2 Å². The summed E-state index contributed by atoms with van der Waals surface area (Å²) in [5.41, 5.74) is 0.0978. The summed E-state index contributed by atoms with van der Waals surface area (Å²) in [4.78, 5) is 49.9. The smallest absolute Gasteiger partial charge is 0.445 e. The van der Waals surface area contributed by atoms with Crippen molar-refractivity contribution >= 4 is 32.5 Å². The lowest BCUT2D eigenvalue weighted by Crippen LogP contribution is -2.79. The third-order valence-corrected chi connectivity index (χ3v) is 11.9. The van der Waals surface area contributed by atoms with E-state index in [1.165, 1.54) is 6.92 Å². The third-order valence-electron chi connectivity index (χ3n) is 6.51. The van der Waals surface area contributed by atoms with Crippen LogP contribution < -0.4 is 10.6 Å². The monoisotopic (exact) mass is 551 g/mol. The number of nitrogens with zero attached hydrogens (tertiary/aromatic N) is 1. The Kier molecular flexibility index (Phi) is 9.81. The summed E-state index contributed by atoms with van der Waals surface area (Å²) in [6.45, 7) is 16.7. The molecule has 11 nitrogen and oxygen atoms in total. The van der Waals surface area contributed by atoms with Gasteiger partial charge < -0.3 is 28.8 Å². The van der Waals surface area contributed by atoms with E-state index in [1.807, 2.05) is 43.4 Å². The van der Waals surface area contributed by atoms with Gasteiger partial charge in [-0.1, -0.05) is 64.2 Å². The van der Waals surface area contributed by atoms with Gasteiger partial charge in [0.1, 0.15) is 24.9 Å². The minimum absolute atomic E-state index is 0.0512. The first-order chi connectivity index (χ1) is 17.4. The highest BCUT2D eigenvalue weighted by molar-refractivity contribution is 6.80. The zero-order chi connectivity index (χ0) is 28.9. The van der Waals surface area contributed by atoms with E-state index in [4.69, 9.17) is 18.9 Å². The van der Waals surface area contributed by atoms with E-state index in [-0.39, 0.29) is 24.2 Å². The van der Waals surface area contributed by atoms with E-state index < -0.39 is 50.5 Å². The van der Waals surface area contributed by atoms with Gasteiger partial charge in [-0.25, -0.2) is 14.4 Å². The predicted octanol–water partition coefficient (Wildman–Crippen LogP) is 4.52. The highest BCUT2D eigenvalue weighted by atomic mass is 28.3. The Labute approximate surface area is 225 Å². The molecule has 1 aromatic carbocycles. The lowest BCUT2D eigenvalue weighted by molar-refractivity contribution is -0.146. The quantitative estimate of drug-likeness (QED) is 0.158. The van der Waals surface area contributed by atoms with Crippen LogP contribution >= 0.6 is 0 Å². The maximum absolute atomic E-state index is 13.2. The first-order valence-electron chi connectivity index (χ1n) is 12.6.